The SMILES string of the molecule is CCOc1cc[n+]([O-])cc1C(=O)O. The molecule has 0 aliphatic heterocycles. The van der Waals surface area contributed by atoms with Crippen molar-refractivity contribution < 1.29 is 19.4 Å². The number of aromatic carboxylic acids is 1. The summed E-state index contributed by atoms with van der Waals surface area (Å²) in [6.07, 6.45) is 2.16. The monoisotopic (exact) mass is 183 g/mol. The van der Waals surface area contributed by atoms with Crippen LogP contribution < -0.4 is 9.47 Å². The Kier molecular flexibility index (Phi) is 2.69. The lowest BCUT2D eigenvalue weighted by atomic mass is 10.2. The van der Waals surface area contributed by atoms with Crippen LogP contribution in [0.15, 0.2) is 18.5 Å². The summed E-state index contributed by atoms with van der Waals surface area (Å²) in [5.41, 5.74) is -0.126. The zero-order valence-corrected chi connectivity index (χ0v) is 7.06. The van der Waals surface area contributed by atoms with Gasteiger partial charge in [0.25, 0.3) is 0 Å². The fraction of sp³-hybridized carbons (Fsp3) is 0.250. The average molecular weight is 183 g/mol. The Labute approximate surface area is 74.8 Å². The third-order valence-corrected chi connectivity index (χ3v) is 1.42. The average Bonchev–Trinajstić information content (AvgIpc) is 2.08. The summed E-state index contributed by atoms with van der Waals surface area (Å²) in [6, 6.07) is 1.33. The van der Waals surface area contributed by atoms with E-state index < -0.39 is 5.97 Å². The first-order valence-electron chi connectivity index (χ1n) is 3.74. The number of carboxylic acids is 1. The number of aromatic nitrogens is 1. The second-order valence-corrected chi connectivity index (χ2v) is 2.32. The quantitative estimate of drug-likeness (QED) is 0.544. The molecule has 0 atom stereocenters. The van der Waals surface area contributed by atoms with Crippen molar-refractivity contribution >= 4 is 5.97 Å². The molecule has 0 fully saturated rings. The van der Waals surface area contributed by atoms with E-state index >= 15 is 0 Å². The van der Waals surface area contributed by atoms with E-state index in [0.29, 0.717) is 11.3 Å². The first-order valence-corrected chi connectivity index (χ1v) is 3.74. The first kappa shape index (κ1) is 9.31. The summed E-state index contributed by atoms with van der Waals surface area (Å²) in [5, 5.41) is 19.4. The van der Waals surface area contributed by atoms with Crippen molar-refractivity contribution in [3.8, 4) is 5.75 Å². The van der Waals surface area contributed by atoms with Crippen molar-refractivity contribution in [2.45, 2.75) is 6.92 Å². The smallest absolute Gasteiger partial charge is 0.345 e. The molecule has 5 nitrogen and oxygen atoms in total. The number of rotatable bonds is 3. The van der Waals surface area contributed by atoms with Gasteiger partial charge in [-0.05, 0) is 6.92 Å². The Morgan fingerprint density at radius 2 is 2.46 bits per heavy atom. The molecule has 0 aromatic carbocycles. The molecule has 0 radical (unpaired) electrons. The highest BCUT2D eigenvalue weighted by Gasteiger charge is 2.14. The van der Waals surface area contributed by atoms with E-state index in [-0.39, 0.29) is 11.3 Å². The molecule has 0 bridgehead atoms. The molecule has 0 saturated carbocycles. The van der Waals surface area contributed by atoms with Gasteiger partial charge in [-0.2, -0.15) is 4.73 Å². The number of hydrogen-bond donors (Lipinski definition) is 1. The molecular weight excluding hydrogens is 174 g/mol. The zero-order valence-electron chi connectivity index (χ0n) is 7.06. The molecule has 0 unspecified atom stereocenters. The maximum absolute atomic E-state index is 10.7. The highest BCUT2D eigenvalue weighted by molar-refractivity contribution is 5.90. The number of pyridine rings is 1. The van der Waals surface area contributed by atoms with Crippen LogP contribution in [-0.2, 0) is 0 Å². The predicted molar refractivity (Wildman–Crippen MR) is 43.5 cm³/mol. The summed E-state index contributed by atoms with van der Waals surface area (Å²) < 4.78 is 5.44. The van der Waals surface area contributed by atoms with Gasteiger partial charge < -0.3 is 15.1 Å². The number of hydrogen-bond acceptors (Lipinski definition) is 3. The summed E-state index contributed by atoms with van der Waals surface area (Å²) in [4.78, 5) is 10.6. The Morgan fingerprint density at radius 1 is 1.77 bits per heavy atom. The summed E-state index contributed by atoms with van der Waals surface area (Å²) in [6.45, 7) is 2.10. The van der Waals surface area contributed by atoms with Crippen molar-refractivity contribution in [2.75, 3.05) is 6.61 Å². The van der Waals surface area contributed by atoms with Crippen LogP contribution in [0, 0.1) is 5.21 Å². The van der Waals surface area contributed by atoms with Crippen molar-refractivity contribution in [2.24, 2.45) is 0 Å². The maximum atomic E-state index is 10.7. The van der Waals surface area contributed by atoms with Gasteiger partial charge in [-0.15, -0.1) is 0 Å². The molecule has 70 valence electrons. The van der Waals surface area contributed by atoms with Gasteiger partial charge in [0, 0.05) is 6.07 Å². The summed E-state index contributed by atoms with van der Waals surface area (Å²) >= 11 is 0. The standard InChI is InChI=1S/C8H9NO4/c1-2-13-7-3-4-9(12)5-6(7)8(10)11/h3-5H,2H2,1H3,(H,10,11). The van der Waals surface area contributed by atoms with E-state index in [4.69, 9.17) is 9.84 Å². The number of ether oxygens (including phenoxy) is 1. The van der Waals surface area contributed by atoms with Crippen LogP contribution >= 0.6 is 0 Å². The lowest BCUT2D eigenvalue weighted by molar-refractivity contribution is -0.605. The third kappa shape index (κ3) is 2.08. The topological polar surface area (TPSA) is 73.5 Å². The van der Waals surface area contributed by atoms with Crippen LogP contribution in [0.5, 0.6) is 5.75 Å². The molecule has 5 heteroatoms. The fourth-order valence-electron chi connectivity index (χ4n) is 0.907. The predicted octanol–water partition coefficient (Wildman–Crippen LogP) is 0.417. The van der Waals surface area contributed by atoms with Gasteiger partial charge in [-0.1, -0.05) is 0 Å². The normalized spacial score (nSPS) is 9.62. The van der Waals surface area contributed by atoms with Crippen LogP contribution in [0.2, 0.25) is 0 Å². The molecule has 1 rings (SSSR count). The Morgan fingerprint density at radius 3 is 3.00 bits per heavy atom. The Balaban J connectivity index is 3.10. The molecule has 1 N–H and O–H groups in total. The number of nitrogens with zero attached hydrogens (tertiary/aromatic N) is 1. The lowest BCUT2D eigenvalue weighted by Crippen LogP contribution is -2.26. The van der Waals surface area contributed by atoms with Crippen molar-refractivity contribution in [3.05, 3.63) is 29.2 Å². The Bertz CT molecular complexity index is 324. The van der Waals surface area contributed by atoms with Gasteiger partial charge >= 0.3 is 5.97 Å². The van der Waals surface area contributed by atoms with Crippen molar-refractivity contribution in [1.29, 1.82) is 0 Å². The molecule has 0 aliphatic carbocycles. The zero-order chi connectivity index (χ0) is 9.84. The number of carboxylic acid groups (broad SMARTS) is 1. The molecule has 0 spiro atoms. The first-order chi connectivity index (χ1) is 6.15. The van der Waals surface area contributed by atoms with E-state index in [1.807, 2.05) is 0 Å². The van der Waals surface area contributed by atoms with Gasteiger partial charge in [-0.25, -0.2) is 4.79 Å². The summed E-state index contributed by atoms with van der Waals surface area (Å²) in [5.74, 6) is -0.962. The molecule has 0 aliphatic rings. The molecule has 1 aromatic heterocycles. The van der Waals surface area contributed by atoms with Gasteiger partial charge in [-0.3, -0.25) is 0 Å². The van der Waals surface area contributed by atoms with Crippen LogP contribution in [0.1, 0.15) is 17.3 Å². The molecular formula is C8H9NO4. The van der Waals surface area contributed by atoms with Crippen molar-refractivity contribution in [3.63, 3.8) is 0 Å². The van der Waals surface area contributed by atoms with Gasteiger partial charge in [0.05, 0.1) is 6.61 Å². The summed E-state index contributed by atoms with van der Waals surface area (Å²) in [7, 11) is 0. The second-order valence-electron chi connectivity index (χ2n) is 2.32. The highest BCUT2D eigenvalue weighted by atomic mass is 16.5. The highest BCUT2D eigenvalue weighted by Crippen LogP contribution is 2.15. The molecule has 13 heavy (non-hydrogen) atoms. The molecule has 1 aromatic rings. The van der Waals surface area contributed by atoms with E-state index in [0.717, 1.165) is 6.20 Å². The minimum atomic E-state index is -1.17. The molecule has 1 heterocycles. The van der Waals surface area contributed by atoms with Gasteiger partial charge in [0.15, 0.2) is 18.0 Å². The minimum Gasteiger partial charge on any atom is -0.619 e. The van der Waals surface area contributed by atoms with E-state index in [1.165, 1.54) is 12.3 Å². The van der Waals surface area contributed by atoms with Crippen LogP contribution in [-0.4, -0.2) is 17.7 Å². The third-order valence-electron chi connectivity index (χ3n) is 1.42. The van der Waals surface area contributed by atoms with E-state index in [9.17, 15) is 10.0 Å². The van der Waals surface area contributed by atoms with E-state index in [1.54, 1.807) is 6.92 Å². The van der Waals surface area contributed by atoms with Crippen molar-refractivity contribution in [1.82, 2.24) is 0 Å². The fourth-order valence-corrected chi connectivity index (χ4v) is 0.907. The van der Waals surface area contributed by atoms with E-state index in [2.05, 4.69) is 0 Å². The van der Waals surface area contributed by atoms with Crippen LogP contribution in [0.25, 0.3) is 0 Å². The van der Waals surface area contributed by atoms with Crippen LogP contribution in [0.4, 0.5) is 0 Å². The maximum Gasteiger partial charge on any atom is 0.345 e. The second kappa shape index (κ2) is 3.75. The molecule has 0 amide bonds. The van der Waals surface area contributed by atoms with Gasteiger partial charge in [0.1, 0.15) is 5.75 Å². The number of carbonyl (C=O) groups is 1. The van der Waals surface area contributed by atoms with Gasteiger partial charge in [0.2, 0.25) is 0 Å². The molecule has 0 saturated heterocycles. The minimum absolute atomic E-state index is 0.126. The van der Waals surface area contributed by atoms with Crippen LogP contribution in [0.3, 0.4) is 0 Å². The Hall–Kier alpha value is -1.78. The lowest BCUT2D eigenvalue weighted by Gasteiger charge is -2.05. The largest absolute Gasteiger partial charge is 0.619 e.